The molecule has 8 nitrogen and oxygen atoms in total. The molecule has 0 aliphatic heterocycles. The van der Waals surface area contributed by atoms with Crippen LogP contribution in [-0.4, -0.2) is 85.2 Å². The van der Waals surface area contributed by atoms with Gasteiger partial charge in [-0.15, -0.1) is 0 Å². The molecule has 0 aromatic carbocycles. The Morgan fingerprint density at radius 2 is 1.09 bits per heavy atom. The van der Waals surface area contributed by atoms with Gasteiger partial charge in [-0.25, -0.2) is 0 Å². The Bertz CT molecular complexity index is 254. The molecular weight excluding hydrogens is 306 g/mol. The van der Waals surface area contributed by atoms with Crippen molar-refractivity contribution in [2.45, 2.75) is 13.3 Å². The minimum atomic E-state index is -0.241. The van der Waals surface area contributed by atoms with E-state index in [1.165, 1.54) is 0 Å². The number of rotatable bonds is 18. The maximum Gasteiger partial charge on any atom is 0.308 e. The first kappa shape index (κ1) is 22.2. The van der Waals surface area contributed by atoms with Crippen LogP contribution in [0.15, 0.2) is 0 Å². The van der Waals surface area contributed by atoms with Gasteiger partial charge >= 0.3 is 5.97 Å². The third kappa shape index (κ3) is 19.2. The largest absolute Gasteiger partial charge is 0.466 e. The SMILES string of the molecule is CCOC(=O)CCOCCOCCOCCOCCOCCN. The highest BCUT2D eigenvalue weighted by Gasteiger charge is 2.00. The van der Waals surface area contributed by atoms with E-state index in [0.717, 1.165) is 0 Å². The lowest BCUT2D eigenvalue weighted by atomic mass is 10.5. The lowest BCUT2D eigenvalue weighted by Gasteiger charge is -2.07. The molecular formula is C15H31NO7. The Labute approximate surface area is 138 Å². The predicted octanol–water partition coefficient (Wildman–Crippen LogP) is -0.0187. The minimum absolute atomic E-state index is 0.241. The highest BCUT2D eigenvalue weighted by molar-refractivity contribution is 5.69. The summed E-state index contributed by atoms with van der Waals surface area (Å²) in [7, 11) is 0. The zero-order valence-corrected chi connectivity index (χ0v) is 14.1. The van der Waals surface area contributed by atoms with Crippen molar-refractivity contribution >= 4 is 5.97 Å². The molecule has 0 saturated heterocycles. The van der Waals surface area contributed by atoms with Gasteiger partial charge in [0.05, 0.1) is 79.1 Å². The summed E-state index contributed by atoms with van der Waals surface area (Å²) < 4.78 is 31.1. The van der Waals surface area contributed by atoms with Crippen molar-refractivity contribution in [2.75, 3.05) is 79.2 Å². The van der Waals surface area contributed by atoms with Gasteiger partial charge in [0.2, 0.25) is 0 Å². The molecule has 138 valence electrons. The van der Waals surface area contributed by atoms with Gasteiger partial charge in [-0.05, 0) is 6.92 Å². The second-order valence-electron chi connectivity index (χ2n) is 4.41. The molecule has 23 heavy (non-hydrogen) atoms. The third-order valence-corrected chi connectivity index (χ3v) is 2.51. The lowest BCUT2D eigenvalue weighted by molar-refractivity contribution is -0.144. The smallest absolute Gasteiger partial charge is 0.308 e. The molecule has 0 aliphatic carbocycles. The molecule has 8 heteroatoms. The van der Waals surface area contributed by atoms with Crippen molar-refractivity contribution in [3.63, 3.8) is 0 Å². The zero-order valence-electron chi connectivity index (χ0n) is 14.1. The Morgan fingerprint density at radius 1 is 0.696 bits per heavy atom. The van der Waals surface area contributed by atoms with Crippen LogP contribution in [0.3, 0.4) is 0 Å². The highest BCUT2D eigenvalue weighted by atomic mass is 16.6. The van der Waals surface area contributed by atoms with Crippen LogP contribution < -0.4 is 5.73 Å². The first-order valence-corrected chi connectivity index (χ1v) is 8.05. The Morgan fingerprint density at radius 3 is 1.48 bits per heavy atom. The number of esters is 1. The van der Waals surface area contributed by atoms with E-state index in [1.807, 2.05) is 0 Å². The molecule has 0 rings (SSSR count). The maximum absolute atomic E-state index is 11.0. The second kappa shape index (κ2) is 19.3. The van der Waals surface area contributed by atoms with E-state index in [9.17, 15) is 4.79 Å². The Kier molecular flexibility index (Phi) is 18.6. The number of hydrogen-bond donors (Lipinski definition) is 1. The summed E-state index contributed by atoms with van der Waals surface area (Å²) in [5, 5.41) is 0. The van der Waals surface area contributed by atoms with Crippen molar-refractivity contribution in [3.05, 3.63) is 0 Å². The van der Waals surface area contributed by atoms with Gasteiger partial charge in [0.15, 0.2) is 0 Å². The first-order valence-electron chi connectivity index (χ1n) is 8.05. The van der Waals surface area contributed by atoms with E-state index in [1.54, 1.807) is 6.92 Å². The van der Waals surface area contributed by atoms with Crippen molar-refractivity contribution < 1.29 is 33.2 Å². The van der Waals surface area contributed by atoms with Gasteiger partial charge in [0.1, 0.15) is 0 Å². The monoisotopic (exact) mass is 337 g/mol. The molecule has 0 amide bonds. The van der Waals surface area contributed by atoms with Gasteiger partial charge < -0.3 is 34.2 Å². The molecule has 0 aliphatic rings. The van der Waals surface area contributed by atoms with Crippen LogP contribution in [0.2, 0.25) is 0 Å². The van der Waals surface area contributed by atoms with E-state index in [-0.39, 0.29) is 12.4 Å². The van der Waals surface area contributed by atoms with Crippen LogP contribution in [0.5, 0.6) is 0 Å². The summed E-state index contributed by atoms with van der Waals surface area (Å²) >= 11 is 0. The Hall–Kier alpha value is -0.770. The van der Waals surface area contributed by atoms with Crippen LogP contribution >= 0.6 is 0 Å². The number of ether oxygens (including phenoxy) is 6. The van der Waals surface area contributed by atoms with Gasteiger partial charge in [-0.3, -0.25) is 4.79 Å². The molecule has 0 atom stereocenters. The summed E-state index contributed by atoms with van der Waals surface area (Å²) in [6.45, 7) is 7.70. The fraction of sp³-hybridized carbons (Fsp3) is 0.933. The number of carbonyl (C=O) groups excluding carboxylic acids is 1. The topological polar surface area (TPSA) is 98.5 Å². The molecule has 0 unspecified atom stereocenters. The summed E-state index contributed by atoms with van der Waals surface area (Å²) in [4.78, 5) is 11.0. The summed E-state index contributed by atoms with van der Waals surface area (Å²) in [6, 6.07) is 0. The van der Waals surface area contributed by atoms with Gasteiger partial charge in [-0.2, -0.15) is 0 Å². The number of hydrogen-bond acceptors (Lipinski definition) is 8. The average Bonchev–Trinajstić information content (AvgIpc) is 2.54. The molecule has 0 bridgehead atoms. The second-order valence-corrected chi connectivity index (χ2v) is 4.41. The van der Waals surface area contributed by atoms with Crippen LogP contribution in [0, 0.1) is 0 Å². The average molecular weight is 337 g/mol. The van der Waals surface area contributed by atoms with E-state index >= 15 is 0 Å². The van der Waals surface area contributed by atoms with Gasteiger partial charge in [0, 0.05) is 6.54 Å². The van der Waals surface area contributed by atoms with Gasteiger partial charge in [-0.1, -0.05) is 0 Å². The normalized spacial score (nSPS) is 10.9. The molecule has 0 heterocycles. The molecule has 0 aromatic rings. The predicted molar refractivity (Wildman–Crippen MR) is 84.4 cm³/mol. The fourth-order valence-corrected chi connectivity index (χ4v) is 1.45. The standard InChI is InChI=1S/C15H31NO7/c1-2-23-15(17)3-5-18-7-9-20-11-13-22-14-12-21-10-8-19-6-4-16/h2-14,16H2,1H3. The first-order chi connectivity index (χ1) is 11.3. The van der Waals surface area contributed by atoms with E-state index < -0.39 is 0 Å². The summed E-state index contributed by atoms with van der Waals surface area (Å²) in [5.74, 6) is -0.241. The van der Waals surface area contributed by atoms with Crippen molar-refractivity contribution in [1.29, 1.82) is 0 Å². The molecule has 2 N–H and O–H groups in total. The number of nitrogens with two attached hydrogens (primary N) is 1. The fourth-order valence-electron chi connectivity index (χ4n) is 1.45. The highest BCUT2D eigenvalue weighted by Crippen LogP contribution is 1.89. The molecule has 0 aromatic heterocycles. The van der Waals surface area contributed by atoms with Gasteiger partial charge in [0.25, 0.3) is 0 Å². The van der Waals surface area contributed by atoms with E-state index in [0.29, 0.717) is 79.2 Å². The van der Waals surface area contributed by atoms with Crippen molar-refractivity contribution in [3.8, 4) is 0 Å². The van der Waals surface area contributed by atoms with E-state index in [4.69, 9.17) is 34.2 Å². The Balaban J connectivity index is 3.01. The van der Waals surface area contributed by atoms with Crippen LogP contribution in [0.1, 0.15) is 13.3 Å². The van der Waals surface area contributed by atoms with Crippen LogP contribution in [0.4, 0.5) is 0 Å². The summed E-state index contributed by atoms with van der Waals surface area (Å²) in [5.41, 5.74) is 5.28. The van der Waals surface area contributed by atoms with Crippen molar-refractivity contribution in [1.82, 2.24) is 0 Å². The quantitative estimate of drug-likeness (QED) is 0.275. The third-order valence-electron chi connectivity index (χ3n) is 2.51. The molecule has 0 saturated carbocycles. The zero-order chi connectivity index (χ0) is 17.0. The molecule has 0 radical (unpaired) electrons. The van der Waals surface area contributed by atoms with Crippen LogP contribution in [0.25, 0.3) is 0 Å². The molecule has 0 fully saturated rings. The lowest BCUT2D eigenvalue weighted by Crippen LogP contribution is -2.15. The molecule has 0 spiro atoms. The number of carbonyl (C=O) groups is 1. The van der Waals surface area contributed by atoms with Crippen molar-refractivity contribution in [2.24, 2.45) is 5.73 Å². The maximum atomic E-state index is 11.0. The van der Waals surface area contributed by atoms with E-state index in [2.05, 4.69) is 0 Å². The minimum Gasteiger partial charge on any atom is -0.466 e. The summed E-state index contributed by atoms with van der Waals surface area (Å²) in [6.07, 6.45) is 0.272. The van der Waals surface area contributed by atoms with Crippen LogP contribution in [-0.2, 0) is 33.2 Å².